The molecule has 0 spiro atoms. The van der Waals surface area contributed by atoms with Crippen LogP contribution in [0.15, 0.2) is 12.3 Å². The highest BCUT2D eigenvalue weighted by Crippen LogP contribution is 2.25. The molecule has 1 rings (SSSR count). The second-order valence-electron chi connectivity index (χ2n) is 2.44. The van der Waals surface area contributed by atoms with Gasteiger partial charge in [0.15, 0.2) is 0 Å². The maximum absolute atomic E-state index is 12.1. The summed E-state index contributed by atoms with van der Waals surface area (Å²) in [5.41, 5.74) is -0.829. The van der Waals surface area contributed by atoms with Crippen LogP contribution in [0.1, 0.15) is 16.1 Å². The molecule has 0 saturated carbocycles. The summed E-state index contributed by atoms with van der Waals surface area (Å²) in [5.74, 6) is -1.61. The molecule has 72 valence electrons. The lowest BCUT2D eigenvalue weighted by Gasteiger charge is -2.10. The minimum Gasteiger partial charge on any atom is -0.545 e. The van der Waals surface area contributed by atoms with E-state index < -0.39 is 17.8 Å². The average molecular weight is 192 g/mol. The highest BCUT2D eigenvalue weighted by Gasteiger charge is 2.32. The van der Waals surface area contributed by atoms with Crippen molar-refractivity contribution in [1.29, 1.82) is 0 Å². The van der Waals surface area contributed by atoms with Gasteiger partial charge in [0.2, 0.25) is 0 Å². The fraction of sp³-hybridized carbons (Fsp3) is 0.286. The van der Waals surface area contributed by atoms with Gasteiger partial charge in [0.1, 0.15) is 0 Å². The Labute approximate surface area is 71.4 Å². The van der Waals surface area contributed by atoms with E-state index in [9.17, 15) is 23.1 Å². The van der Waals surface area contributed by atoms with Gasteiger partial charge in [-0.2, -0.15) is 0 Å². The summed E-state index contributed by atoms with van der Waals surface area (Å²) in [6.45, 7) is 1.07. The zero-order chi connectivity index (χ0) is 10.2. The van der Waals surface area contributed by atoms with Crippen LogP contribution in [0.5, 0.6) is 0 Å². The Morgan fingerprint density at radius 1 is 1.54 bits per heavy atom. The first kappa shape index (κ1) is 9.63. The van der Waals surface area contributed by atoms with Gasteiger partial charge in [0.25, 0.3) is 0 Å². The smallest absolute Gasteiger partial charge is 0.488 e. The third kappa shape index (κ3) is 1.66. The van der Waals surface area contributed by atoms with Crippen molar-refractivity contribution in [2.24, 2.45) is 0 Å². The molecule has 0 fully saturated rings. The number of aromatic carboxylic acids is 1. The Bertz CT molecular complexity index is 340. The van der Waals surface area contributed by atoms with Crippen LogP contribution in [0.4, 0.5) is 13.2 Å². The standard InChI is InChI=1S/C7H6F3NO2/c1-4-5(6(12)13)2-3-11(4)7(8,9)10/h2-3H,1H3,(H,12,13)/p-1. The van der Waals surface area contributed by atoms with Gasteiger partial charge in [-0.3, -0.25) is 4.57 Å². The summed E-state index contributed by atoms with van der Waals surface area (Å²) in [5, 5.41) is 10.3. The predicted molar refractivity (Wildman–Crippen MR) is 34.8 cm³/mol. The summed E-state index contributed by atoms with van der Waals surface area (Å²) >= 11 is 0. The second kappa shape index (κ2) is 2.79. The van der Waals surface area contributed by atoms with Crippen molar-refractivity contribution in [1.82, 2.24) is 4.57 Å². The Kier molecular flexibility index (Phi) is 2.07. The first-order valence-corrected chi connectivity index (χ1v) is 3.30. The lowest BCUT2D eigenvalue weighted by molar-refractivity contribution is -0.255. The molecular weight excluding hydrogens is 187 g/mol. The summed E-state index contributed by atoms with van der Waals surface area (Å²) in [7, 11) is 0. The molecule has 0 N–H and O–H groups in total. The molecule has 0 atom stereocenters. The number of aromatic nitrogens is 1. The number of carbonyl (C=O) groups excluding carboxylic acids is 1. The van der Waals surface area contributed by atoms with Crippen molar-refractivity contribution in [3.05, 3.63) is 23.5 Å². The summed E-state index contributed by atoms with van der Waals surface area (Å²) < 4.78 is 36.2. The number of carboxylic acids is 1. The molecule has 6 heteroatoms. The Balaban J connectivity index is 3.22. The molecule has 0 aliphatic carbocycles. The number of carbonyl (C=O) groups is 1. The third-order valence-electron chi connectivity index (χ3n) is 1.63. The Morgan fingerprint density at radius 2 is 2.08 bits per heavy atom. The first-order valence-electron chi connectivity index (χ1n) is 3.30. The number of hydrogen-bond donors (Lipinski definition) is 0. The molecule has 0 aliphatic heterocycles. The molecule has 0 bridgehead atoms. The van der Waals surface area contributed by atoms with Crippen LogP contribution in [0, 0.1) is 6.92 Å². The molecule has 0 unspecified atom stereocenters. The molecule has 0 radical (unpaired) electrons. The van der Waals surface area contributed by atoms with Crippen LogP contribution in [0.25, 0.3) is 0 Å². The van der Waals surface area contributed by atoms with Crippen molar-refractivity contribution in [3.63, 3.8) is 0 Å². The maximum Gasteiger partial charge on any atom is 0.488 e. The normalized spacial score (nSPS) is 11.7. The zero-order valence-electron chi connectivity index (χ0n) is 6.55. The van der Waals surface area contributed by atoms with Crippen LogP contribution in [-0.4, -0.2) is 10.5 Å². The molecule has 1 aromatic heterocycles. The van der Waals surface area contributed by atoms with Gasteiger partial charge in [-0.1, -0.05) is 0 Å². The van der Waals surface area contributed by atoms with Gasteiger partial charge >= 0.3 is 6.30 Å². The van der Waals surface area contributed by atoms with Crippen molar-refractivity contribution in [2.45, 2.75) is 13.2 Å². The van der Waals surface area contributed by atoms with Crippen molar-refractivity contribution >= 4 is 5.97 Å². The van der Waals surface area contributed by atoms with Crippen LogP contribution in [0.3, 0.4) is 0 Å². The number of halogens is 3. The SMILES string of the molecule is Cc1c(C(=O)[O-])ccn1C(F)(F)F. The number of alkyl halides is 3. The van der Waals surface area contributed by atoms with Crippen LogP contribution < -0.4 is 5.11 Å². The minimum absolute atomic E-state index is 0.0713. The van der Waals surface area contributed by atoms with Crippen molar-refractivity contribution in [3.8, 4) is 0 Å². The van der Waals surface area contributed by atoms with E-state index in [1.54, 1.807) is 0 Å². The van der Waals surface area contributed by atoms with E-state index in [2.05, 4.69) is 0 Å². The highest BCUT2D eigenvalue weighted by atomic mass is 19.4. The van der Waals surface area contributed by atoms with E-state index in [4.69, 9.17) is 0 Å². The molecular formula is C7H5F3NO2-. The van der Waals surface area contributed by atoms with Crippen LogP contribution in [-0.2, 0) is 6.30 Å². The molecule has 0 saturated heterocycles. The highest BCUT2D eigenvalue weighted by molar-refractivity contribution is 5.87. The number of rotatable bonds is 1. The van der Waals surface area contributed by atoms with E-state index in [0.717, 1.165) is 13.0 Å². The lowest BCUT2D eigenvalue weighted by Crippen LogP contribution is -2.24. The van der Waals surface area contributed by atoms with E-state index in [1.807, 2.05) is 0 Å². The summed E-state index contributed by atoms with van der Waals surface area (Å²) in [6, 6.07) is 0.859. The molecule has 3 nitrogen and oxygen atoms in total. The molecule has 13 heavy (non-hydrogen) atoms. The molecule has 1 heterocycles. The van der Waals surface area contributed by atoms with E-state index in [1.165, 1.54) is 0 Å². The second-order valence-corrected chi connectivity index (χ2v) is 2.44. The Hall–Kier alpha value is -1.46. The van der Waals surface area contributed by atoms with E-state index in [0.29, 0.717) is 6.20 Å². The minimum atomic E-state index is -4.59. The van der Waals surface area contributed by atoms with Gasteiger partial charge in [-0.15, -0.1) is 13.2 Å². The lowest BCUT2D eigenvalue weighted by atomic mass is 10.3. The predicted octanol–water partition coefficient (Wildman–Crippen LogP) is 0.636. The van der Waals surface area contributed by atoms with Crippen LogP contribution in [0.2, 0.25) is 0 Å². The summed E-state index contributed by atoms with van der Waals surface area (Å²) in [6.07, 6.45) is -3.93. The van der Waals surface area contributed by atoms with E-state index in [-0.39, 0.29) is 10.3 Å². The Morgan fingerprint density at radius 3 is 2.31 bits per heavy atom. The maximum atomic E-state index is 12.1. The molecule has 1 aromatic rings. The topological polar surface area (TPSA) is 45.1 Å². The zero-order valence-corrected chi connectivity index (χ0v) is 6.55. The largest absolute Gasteiger partial charge is 0.545 e. The van der Waals surface area contributed by atoms with Crippen molar-refractivity contribution < 1.29 is 23.1 Å². The van der Waals surface area contributed by atoms with Crippen molar-refractivity contribution in [2.75, 3.05) is 0 Å². The molecule has 0 aromatic carbocycles. The fourth-order valence-corrected chi connectivity index (χ4v) is 1.00. The van der Waals surface area contributed by atoms with Gasteiger partial charge in [-0.05, 0) is 13.0 Å². The van der Waals surface area contributed by atoms with Gasteiger partial charge in [0.05, 0.1) is 5.97 Å². The van der Waals surface area contributed by atoms with Gasteiger partial charge in [-0.25, -0.2) is 0 Å². The molecule has 0 amide bonds. The molecule has 0 aliphatic rings. The number of carboxylic acid groups (broad SMARTS) is 1. The quantitative estimate of drug-likeness (QED) is 0.655. The number of hydrogen-bond acceptors (Lipinski definition) is 2. The monoisotopic (exact) mass is 192 g/mol. The fourth-order valence-electron chi connectivity index (χ4n) is 1.00. The average Bonchev–Trinajstić information content (AvgIpc) is 2.28. The van der Waals surface area contributed by atoms with Gasteiger partial charge in [0, 0.05) is 17.5 Å². The first-order chi connectivity index (χ1) is 5.84. The summed E-state index contributed by atoms with van der Waals surface area (Å²) in [4.78, 5) is 10.3. The van der Waals surface area contributed by atoms with Crippen LogP contribution >= 0.6 is 0 Å². The van der Waals surface area contributed by atoms with Gasteiger partial charge < -0.3 is 9.90 Å². The number of nitrogens with zero attached hydrogens (tertiary/aromatic N) is 1. The van der Waals surface area contributed by atoms with E-state index >= 15 is 0 Å². The third-order valence-corrected chi connectivity index (χ3v) is 1.63.